The molecule has 0 radical (unpaired) electrons. The van der Waals surface area contributed by atoms with Crippen LogP contribution in [0.5, 0.6) is 0 Å². The fourth-order valence-electron chi connectivity index (χ4n) is 3.96. The first-order valence-electron chi connectivity index (χ1n) is 8.85. The minimum atomic E-state index is -0.0428. The van der Waals surface area contributed by atoms with Gasteiger partial charge in [0.15, 0.2) is 0 Å². The number of ether oxygens (including phenoxy) is 1. The Balaban J connectivity index is 2.00. The molecule has 21 heavy (non-hydrogen) atoms. The molecule has 1 saturated carbocycles. The fourth-order valence-corrected chi connectivity index (χ4v) is 3.96. The Morgan fingerprint density at radius 2 is 1.57 bits per heavy atom. The van der Waals surface area contributed by atoms with E-state index in [9.17, 15) is 0 Å². The summed E-state index contributed by atoms with van der Waals surface area (Å²) in [5.41, 5.74) is 0.323. The normalized spacial score (nSPS) is 26.0. The fraction of sp³-hybridized carbons (Fsp3) is 1.00. The quantitative estimate of drug-likeness (QED) is 0.779. The van der Waals surface area contributed by atoms with E-state index >= 15 is 0 Å². The molecular weight excluding hydrogens is 260 g/mol. The predicted molar refractivity (Wildman–Crippen MR) is 89.7 cm³/mol. The van der Waals surface area contributed by atoms with Crippen molar-refractivity contribution in [2.75, 3.05) is 26.2 Å². The van der Waals surface area contributed by atoms with Gasteiger partial charge in [0.2, 0.25) is 0 Å². The van der Waals surface area contributed by atoms with Gasteiger partial charge in [-0.05, 0) is 58.8 Å². The highest BCUT2D eigenvalue weighted by atomic mass is 16.5. The molecule has 3 nitrogen and oxygen atoms in total. The van der Waals surface area contributed by atoms with Gasteiger partial charge in [0.05, 0.1) is 11.2 Å². The molecular formula is C18H36N2O. The SMILES string of the molecule is CCC(CC)(CNC1CC1)CN1CC(C)(C)OC(C)(C)C1. The van der Waals surface area contributed by atoms with Gasteiger partial charge in [0.1, 0.15) is 0 Å². The van der Waals surface area contributed by atoms with Gasteiger partial charge >= 0.3 is 0 Å². The second kappa shape index (κ2) is 6.17. The Labute approximate surface area is 131 Å². The predicted octanol–water partition coefficient (Wildman–Crippen LogP) is 3.43. The third-order valence-electron chi connectivity index (χ3n) is 5.16. The summed E-state index contributed by atoms with van der Waals surface area (Å²) in [7, 11) is 0. The molecule has 1 N–H and O–H groups in total. The Hall–Kier alpha value is -0.120. The van der Waals surface area contributed by atoms with Crippen molar-refractivity contribution in [3.05, 3.63) is 0 Å². The molecule has 1 aliphatic carbocycles. The molecule has 0 aromatic heterocycles. The van der Waals surface area contributed by atoms with Crippen molar-refractivity contribution in [1.82, 2.24) is 10.2 Å². The van der Waals surface area contributed by atoms with E-state index in [1.165, 1.54) is 38.8 Å². The molecule has 2 aliphatic rings. The van der Waals surface area contributed by atoms with Crippen molar-refractivity contribution in [2.24, 2.45) is 5.41 Å². The monoisotopic (exact) mass is 296 g/mol. The summed E-state index contributed by atoms with van der Waals surface area (Å²) in [4.78, 5) is 2.64. The van der Waals surface area contributed by atoms with Gasteiger partial charge < -0.3 is 10.1 Å². The average molecular weight is 296 g/mol. The molecule has 0 aromatic rings. The third-order valence-corrected chi connectivity index (χ3v) is 5.16. The molecule has 0 atom stereocenters. The molecule has 1 heterocycles. The molecule has 0 spiro atoms. The van der Waals surface area contributed by atoms with Crippen LogP contribution in [0.2, 0.25) is 0 Å². The molecule has 124 valence electrons. The number of nitrogens with zero attached hydrogens (tertiary/aromatic N) is 1. The van der Waals surface area contributed by atoms with E-state index in [1.807, 2.05) is 0 Å². The summed E-state index contributed by atoms with van der Waals surface area (Å²) in [5, 5.41) is 3.77. The van der Waals surface area contributed by atoms with Gasteiger partial charge in [0, 0.05) is 32.2 Å². The number of morpholine rings is 1. The van der Waals surface area contributed by atoms with E-state index in [-0.39, 0.29) is 11.2 Å². The maximum Gasteiger partial charge on any atom is 0.0760 e. The van der Waals surface area contributed by atoms with Gasteiger partial charge in [-0.1, -0.05) is 13.8 Å². The van der Waals surface area contributed by atoms with Crippen molar-refractivity contribution in [1.29, 1.82) is 0 Å². The molecule has 0 bridgehead atoms. The van der Waals surface area contributed by atoms with E-state index in [2.05, 4.69) is 51.8 Å². The van der Waals surface area contributed by atoms with Gasteiger partial charge in [-0.25, -0.2) is 0 Å². The first-order valence-corrected chi connectivity index (χ1v) is 8.85. The van der Waals surface area contributed by atoms with Crippen molar-refractivity contribution in [3.63, 3.8) is 0 Å². The third kappa shape index (κ3) is 4.94. The lowest BCUT2D eigenvalue weighted by molar-refractivity contribution is -0.185. The highest BCUT2D eigenvalue weighted by molar-refractivity contribution is 4.94. The molecule has 2 fully saturated rings. The van der Waals surface area contributed by atoms with E-state index < -0.39 is 0 Å². The number of hydrogen-bond acceptors (Lipinski definition) is 3. The van der Waals surface area contributed by atoms with Crippen LogP contribution in [-0.4, -0.2) is 48.3 Å². The van der Waals surface area contributed by atoms with Crippen LogP contribution in [0, 0.1) is 5.41 Å². The molecule has 0 amide bonds. The van der Waals surface area contributed by atoms with Crippen LogP contribution in [0.1, 0.15) is 67.2 Å². The van der Waals surface area contributed by atoms with Crippen LogP contribution in [0.4, 0.5) is 0 Å². The smallest absolute Gasteiger partial charge is 0.0760 e. The molecule has 2 rings (SSSR count). The Kier molecular flexibility index (Phi) is 5.07. The number of hydrogen-bond donors (Lipinski definition) is 1. The zero-order chi connectivity index (χ0) is 15.7. The lowest BCUT2D eigenvalue weighted by atomic mass is 9.80. The van der Waals surface area contributed by atoms with Gasteiger partial charge in [-0.2, -0.15) is 0 Å². The van der Waals surface area contributed by atoms with Crippen LogP contribution in [0.3, 0.4) is 0 Å². The average Bonchev–Trinajstić information content (AvgIpc) is 3.14. The Morgan fingerprint density at radius 1 is 1.05 bits per heavy atom. The van der Waals surface area contributed by atoms with Crippen molar-refractivity contribution in [3.8, 4) is 0 Å². The summed E-state index contributed by atoms with van der Waals surface area (Å²) < 4.78 is 6.22. The van der Waals surface area contributed by atoms with Gasteiger partial charge in [0.25, 0.3) is 0 Å². The first-order chi connectivity index (χ1) is 9.69. The van der Waals surface area contributed by atoms with Crippen LogP contribution in [0.25, 0.3) is 0 Å². The van der Waals surface area contributed by atoms with Crippen LogP contribution >= 0.6 is 0 Å². The van der Waals surface area contributed by atoms with Crippen LogP contribution in [-0.2, 0) is 4.74 Å². The molecule has 3 heteroatoms. The van der Waals surface area contributed by atoms with E-state index in [1.54, 1.807) is 0 Å². The molecule has 0 unspecified atom stereocenters. The zero-order valence-electron chi connectivity index (χ0n) is 15.1. The second-order valence-corrected chi connectivity index (χ2v) is 8.63. The number of rotatable bonds is 7. The topological polar surface area (TPSA) is 24.5 Å². The standard InChI is InChI=1S/C18H36N2O/c1-7-18(8-2,11-19-15-9-10-15)14-20-12-16(3,4)21-17(5,6)13-20/h15,19H,7-14H2,1-6H3. The highest BCUT2D eigenvalue weighted by Gasteiger charge is 2.41. The maximum atomic E-state index is 6.22. The lowest BCUT2D eigenvalue weighted by Crippen LogP contribution is -2.59. The minimum absolute atomic E-state index is 0.0428. The van der Waals surface area contributed by atoms with Crippen molar-refractivity contribution in [2.45, 2.75) is 84.5 Å². The van der Waals surface area contributed by atoms with E-state index in [0.29, 0.717) is 5.41 Å². The summed E-state index contributed by atoms with van der Waals surface area (Å²) in [6.07, 6.45) is 5.26. The lowest BCUT2D eigenvalue weighted by Gasteiger charge is -2.50. The van der Waals surface area contributed by atoms with Crippen LogP contribution in [0.15, 0.2) is 0 Å². The molecule has 1 aliphatic heterocycles. The number of nitrogens with one attached hydrogen (secondary N) is 1. The zero-order valence-corrected chi connectivity index (χ0v) is 15.1. The van der Waals surface area contributed by atoms with Crippen molar-refractivity contribution < 1.29 is 4.74 Å². The summed E-state index contributed by atoms with van der Waals surface area (Å²) in [6.45, 7) is 18.1. The van der Waals surface area contributed by atoms with E-state index in [4.69, 9.17) is 4.74 Å². The summed E-state index contributed by atoms with van der Waals surface area (Å²) in [5.74, 6) is 0. The van der Waals surface area contributed by atoms with Crippen molar-refractivity contribution >= 4 is 0 Å². The first kappa shape index (κ1) is 17.2. The largest absolute Gasteiger partial charge is 0.367 e. The Morgan fingerprint density at radius 3 is 2.00 bits per heavy atom. The van der Waals surface area contributed by atoms with Gasteiger partial charge in [-0.3, -0.25) is 4.90 Å². The van der Waals surface area contributed by atoms with Gasteiger partial charge in [-0.15, -0.1) is 0 Å². The minimum Gasteiger partial charge on any atom is -0.367 e. The maximum absolute atomic E-state index is 6.22. The van der Waals surface area contributed by atoms with E-state index in [0.717, 1.165) is 19.1 Å². The molecule has 1 saturated heterocycles. The summed E-state index contributed by atoms with van der Waals surface area (Å²) in [6, 6.07) is 0.806. The second-order valence-electron chi connectivity index (χ2n) is 8.63. The van der Waals surface area contributed by atoms with Crippen LogP contribution < -0.4 is 5.32 Å². The molecule has 0 aromatic carbocycles. The Bertz CT molecular complexity index is 327. The highest BCUT2D eigenvalue weighted by Crippen LogP contribution is 2.34. The summed E-state index contributed by atoms with van der Waals surface area (Å²) >= 11 is 0.